The van der Waals surface area contributed by atoms with E-state index in [1.165, 1.54) is 0 Å². The Morgan fingerprint density at radius 1 is 1.44 bits per heavy atom. The third-order valence-electron chi connectivity index (χ3n) is 2.83. The van der Waals surface area contributed by atoms with E-state index >= 15 is 0 Å². The average Bonchev–Trinajstić information content (AvgIpc) is 2.44. The molecule has 0 saturated carbocycles. The van der Waals surface area contributed by atoms with Gasteiger partial charge >= 0.3 is 12.1 Å². The molecule has 1 amide bonds. The Morgan fingerprint density at radius 2 is 2.00 bits per heavy atom. The standard InChI is InChI=1S/C14H16BrClN2O7/c1-14(2,3)25-13(22)17(11(6-19)12(20)21)9-5-8(16)7(15)4-10(9)18(23)24/h4-5,11,19H,6H2,1-3H3,(H,20,21). The molecule has 1 atom stereocenters. The van der Waals surface area contributed by atoms with Crippen LogP contribution in [0, 0.1) is 10.1 Å². The minimum absolute atomic E-state index is 0.0104. The van der Waals surface area contributed by atoms with Gasteiger partial charge in [-0.1, -0.05) is 11.6 Å². The van der Waals surface area contributed by atoms with E-state index in [1.807, 2.05) is 0 Å². The first-order chi connectivity index (χ1) is 11.4. The van der Waals surface area contributed by atoms with E-state index in [2.05, 4.69) is 15.9 Å². The summed E-state index contributed by atoms with van der Waals surface area (Å²) in [7, 11) is 0. The first-order valence-electron chi connectivity index (χ1n) is 6.88. The molecule has 0 radical (unpaired) electrons. The molecule has 1 rings (SSSR count). The van der Waals surface area contributed by atoms with Crippen molar-refractivity contribution in [2.24, 2.45) is 0 Å². The highest BCUT2D eigenvalue weighted by molar-refractivity contribution is 9.10. The van der Waals surface area contributed by atoms with Crippen LogP contribution in [0.5, 0.6) is 0 Å². The predicted molar refractivity (Wildman–Crippen MR) is 93.0 cm³/mol. The number of rotatable bonds is 5. The molecule has 1 aromatic carbocycles. The molecule has 0 saturated heterocycles. The number of aliphatic carboxylic acids is 1. The third kappa shape index (κ3) is 5.28. The number of hydrogen-bond acceptors (Lipinski definition) is 6. The van der Waals surface area contributed by atoms with Crippen LogP contribution >= 0.6 is 27.5 Å². The van der Waals surface area contributed by atoms with Crippen molar-refractivity contribution in [2.75, 3.05) is 11.5 Å². The lowest BCUT2D eigenvalue weighted by molar-refractivity contribution is -0.384. The number of hydrogen-bond donors (Lipinski definition) is 2. The molecule has 0 aromatic heterocycles. The highest BCUT2D eigenvalue weighted by Gasteiger charge is 2.38. The number of nitrogens with zero attached hydrogens (tertiary/aromatic N) is 2. The van der Waals surface area contributed by atoms with Crippen LogP contribution in [0.15, 0.2) is 16.6 Å². The highest BCUT2D eigenvalue weighted by Crippen LogP contribution is 2.38. The van der Waals surface area contributed by atoms with Crippen LogP contribution in [-0.2, 0) is 9.53 Å². The normalized spacial score (nSPS) is 12.4. The smallest absolute Gasteiger partial charge is 0.415 e. The number of nitro benzene ring substituents is 1. The molecule has 0 aliphatic heterocycles. The number of carbonyl (C=O) groups is 2. The second-order valence-corrected chi connectivity index (χ2v) is 7.16. The summed E-state index contributed by atoms with van der Waals surface area (Å²) in [6.45, 7) is 3.64. The topological polar surface area (TPSA) is 130 Å². The van der Waals surface area contributed by atoms with Crippen molar-refractivity contribution >= 4 is 51.0 Å². The maximum atomic E-state index is 12.5. The van der Waals surface area contributed by atoms with Gasteiger partial charge in [-0.3, -0.25) is 15.0 Å². The fourth-order valence-corrected chi connectivity index (χ4v) is 2.33. The van der Waals surface area contributed by atoms with Gasteiger partial charge in [0, 0.05) is 10.5 Å². The summed E-state index contributed by atoms with van der Waals surface area (Å²) in [5, 5.41) is 30.0. The number of aliphatic hydroxyl groups is 1. The molecule has 1 unspecified atom stereocenters. The van der Waals surface area contributed by atoms with Crippen molar-refractivity contribution in [3.05, 3.63) is 31.7 Å². The maximum absolute atomic E-state index is 12.5. The van der Waals surface area contributed by atoms with Crippen molar-refractivity contribution in [2.45, 2.75) is 32.4 Å². The van der Waals surface area contributed by atoms with Gasteiger partial charge in [-0.25, -0.2) is 9.59 Å². The molecule has 1 aromatic rings. The van der Waals surface area contributed by atoms with Crippen molar-refractivity contribution in [3.63, 3.8) is 0 Å². The van der Waals surface area contributed by atoms with E-state index in [9.17, 15) is 29.9 Å². The molecule has 0 aliphatic rings. The van der Waals surface area contributed by atoms with Gasteiger partial charge in [0.2, 0.25) is 0 Å². The summed E-state index contributed by atoms with van der Waals surface area (Å²) in [5.41, 5.74) is -1.99. The van der Waals surface area contributed by atoms with Gasteiger partial charge in [0.1, 0.15) is 11.3 Å². The number of benzene rings is 1. The van der Waals surface area contributed by atoms with Crippen molar-refractivity contribution in [1.29, 1.82) is 0 Å². The van der Waals surface area contributed by atoms with Gasteiger partial charge in [-0.2, -0.15) is 0 Å². The van der Waals surface area contributed by atoms with Crippen molar-refractivity contribution in [3.8, 4) is 0 Å². The number of aliphatic hydroxyl groups excluding tert-OH is 1. The Kier molecular flexibility index (Phi) is 6.75. The van der Waals surface area contributed by atoms with Crippen molar-refractivity contribution in [1.82, 2.24) is 0 Å². The summed E-state index contributed by atoms with van der Waals surface area (Å²) < 4.78 is 5.31. The number of carbonyl (C=O) groups excluding carboxylic acids is 1. The van der Waals surface area contributed by atoms with Crippen molar-refractivity contribution < 1.29 is 29.5 Å². The molecule has 0 heterocycles. The van der Waals surface area contributed by atoms with E-state index in [-0.39, 0.29) is 9.50 Å². The Bertz CT molecular complexity index is 705. The van der Waals surface area contributed by atoms with Crippen LogP contribution in [-0.4, -0.2) is 45.4 Å². The molecule has 25 heavy (non-hydrogen) atoms. The van der Waals surface area contributed by atoms with E-state index in [1.54, 1.807) is 20.8 Å². The van der Waals surface area contributed by atoms with E-state index in [0.717, 1.165) is 12.1 Å². The number of carboxylic acid groups (broad SMARTS) is 1. The second-order valence-electron chi connectivity index (χ2n) is 5.90. The fraction of sp³-hybridized carbons (Fsp3) is 0.429. The monoisotopic (exact) mass is 438 g/mol. The third-order valence-corrected chi connectivity index (χ3v) is 4.03. The number of amides is 1. The Labute approximate surface area is 156 Å². The summed E-state index contributed by atoms with van der Waals surface area (Å²) >= 11 is 8.97. The second kappa shape index (κ2) is 7.98. The van der Waals surface area contributed by atoms with Crippen LogP contribution in [0.25, 0.3) is 0 Å². The Morgan fingerprint density at radius 3 is 2.40 bits per heavy atom. The molecule has 0 spiro atoms. The summed E-state index contributed by atoms with van der Waals surface area (Å²) in [5.74, 6) is -1.57. The van der Waals surface area contributed by atoms with Gasteiger partial charge < -0.3 is 14.9 Å². The minimum Gasteiger partial charge on any atom is -0.480 e. The van der Waals surface area contributed by atoms with E-state index in [4.69, 9.17) is 16.3 Å². The SMILES string of the molecule is CC(C)(C)OC(=O)N(c1cc(Cl)c(Br)cc1[N+](=O)[O-])C(CO)C(=O)O. The quantitative estimate of drug-likeness (QED) is 0.532. The molecule has 0 aliphatic carbocycles. The lowest BCUT2D eigenvalue weighted by Gasteiger charge is -2.30. The molecule has 0 bridgehead atoms. The largest absolute Gasteiger partial charge is 0.480 e. The van der Waals surface area contributed by atoms with Crippen LogP contribution in [0.2, 0.25) is 5.02 Å². The lowest BCUT2D eigenvalue weighted by atomic mass is 10.2. The van der Waals surface area contributed by atoms with E-state index < -0.39 is 46.6 Å². The molecular formula is C14H16BrClN2O7. The molecular weight excluding hydrogens is 424 g/mol. The summed E-state index contributed by atoms with van der Waals surface area (Å²) in [6.07, 6.45) is -1.17. The van der Waals surface area contributed by atoms with Gasteiger partial charge in [-0.05, 0) is 42.8 Å². The first-order valence-corrected chi connectivity index (χ1v) is 8.05. The maximum Gasteiger partial charge on any atom is 0.415 e. The van der Waals surface area contributed by atoms with Gasteiger partial charge in [-0.15, -0.1) is 0 Å². The number of halogens is 2. The number of anilines is 1. The van der Waals surface area contributed by atoms with Crippen LogP contribution < -0.4 is 4.90 Å². The van der Waals surface area contributed by atoms with Crippen LogP contribution in [0.1, 0.15) is 20.8 Å². The fourth-order valence-electron chi connectivity index (χ4n) is 1.84. The Hall–Kier alpha value is -1.91. The van der Waals surface area contributed by atoms with E-state index in [0.29, 0.717) is 4.90 Å². The van der Waals surface area contributed by atoms with Crippen LogP contribution in [0.4, 0.5) is 16.2 Å². The zero-order chi connectivity index (χ0) is 19.5. The number of ether oxygens (including phenoxy) is 1. The van der Waals surface area contributed by atoms with Gasteiger partial charge in [0.25, 0.3) is 5.69 Å². The number of nitro groups is 1. The molecule has 11 heteroatoms. The predicted octanol–water partition coefficient (Wildman–Crippen LogP) is 3.20. The zero-order valence-electron chi connectivity index (χ0n) is 13.5. The lowest BCUT2D eigenvalue weighted by Crippen LogP contribution is -2.49. The molecule has 0 fully saturated rings. The average molecular weight is 440 g/mol. The Balaban J connectivity index is 3.62. The van der Waals surface area contributed by atoms with Gasteiger partial charge in [0.15, 0.2) is 6.04 Å². The summed E-state index contributed by atoms with van der Waals surface area (Å²) in [6, 6.07) is 0.288. The first kappa shape index (κ1) is 21.1. The minimum atomic E-state index is -1.80. The highest BCUT2D eigenvalue weighted by atomic mass is 79.9. The molecule has 9 nitrogen and oxygen atoms in total. The zero-order valence-corrected chi connectivity index (χ0v) is 15.9. The molecule has 138 valence electrons. The molecule has 2 N–H and O–H groups in total. The van der Waals surface area contributed by atoms with Gasteiger partial charge in [0.05, 0.1) is 16.6 Å². The van der Waals surface area contributed by atoms with Crippen LogP contribution in [0.3, 0.4) is 0 Å². The summed E-state index contributed by atoms with van der Waals surface area (Å²) in [4.78, 5) is 34.9. The number of carboxylic acids is 1.